The fourth-order valence-corrected chi connectivity index (χ4v) is 5.84. The van der Waals surface area contributed by atoms with Crippen molar-refractivity contribution in [2.75, 3.05) is 26.2 Å². The molecule has 3 aromatic rings. The van der Waals surface area contributed by atoms with Gasteiger partial charge in [-0.3, -0.25) is 4.79 Å². The van der Waals surface area contributed by atoms with Gasteiger partial charge in [0.2, 0.25) is 15.9 Å². The summed E-state index contributed by atoms with van der Waals surface area (Å²) in [5.74, 6) is 0.868. The summed E-state index contributed by atoms with van der Waals surface area (Å²) in [6.45, 7) is 7.38. The highest BCUT2D eigenvalue weighted by Crippen LogP contribution is 2.23. The van der Waals surface area contributed by atoms with Crippen molar-refractivity contribution in [3.8, 4) is 0 Å². The van der Waals surface area contributed by atoms with Crippen LogP contribution in [0.5, 0.6) is 0 Å². The normalized spacial score (nSPS) is 15.5. The topological polar surface area (TPSA) is 75.5 Å². The lowest BCUT2D eigenvalue weighted by molar-refractivity contribution is -0.133. The Bertz CT molecular complexity index is 1220. The maximum atomic E-state index is 13.1. The number of fused-ring (bicyclic) bond motifs is 1. The van der Waals surface area contributed by atoms with E-state index in [1.165, 1.54) is 4.31 Å². The zero-order valence-corrected chi connectivity index (χ0v) is 19.0. The van der Waals surface area contributed by atoms with Crippen LogP contribution in [0.3, 0.4) is 0 Å². The van der Waals surface area contributed by atoms with Gasteiger partial charge in [-0.15, -0.1) is 0 Å². The number of aromatic nitrogens is 2. The molecule has 1 saturated heterocycles. The Morgan fingerprint density at radius 3 is 2.42 bits per heavy atom. The molecule has 1 aromatic heterocycles. The molecule has 2 aromatic carbocycles. The summed E-state index contributed by atoms with van der Waals surface area (Å²) < 4.78 is 29.6. The largest absolute Gasteiger partial charge is 0.339 e. The molecular weight excluding hydrogens is 412 g/mol. The van der Waals surface area contributed by atoms with Crippen molar-refractivity contribution in [2.45, 2.75) is 38.6 Å². The number of hydrogen-bond acceptors (Lipinski definition) is 4. The van der Waals surface area contributed by atoms with Crippen LogP contribution in [-0.2, 0) is 27.8 Å². The van der Waals surface area contributed by atoms with Crippen molar-refractivity contribution in [3.63, 3.8) is 0 Å². The number of carbonyl (C=O) groups is 1. The number of aryl methyl sites for hydroxylation is 3. The second-order valence-corrected chi connectivity index (χ2v) is 9.92. The Kier molecular flexibility index (Phi) is 5.85. The highest BCUT2D eigenvalue weighted by molar-refractivity contribution is 7.89. The molecule has 0 unspecified atom stereocenters. The molecule has 8 heteroatoms. The zero-order valence-electron chi connectivity index (χ0n) is 18.2. The first-order valence-electron chi connectivity index (χ1n) is 10.6. The van der Waals surface area contributed by atoms with Crippen molar-refractivity contribution in [1.82, 2.24) is 18.8 Å². The maximum absolute atomic E-state index is 13.1. The first kappa shape index (κ1) is 21.5. The molecule has 0 atom stereocenters. The van der Waals surface area contributed by atoms with Crippen LogP contribution in [0.4, 0.5) is 0 Å². The Labute approximate surface area is 183 Å². The van der Waals surface area contributed by atoms with E-state index in [1.807, 2.05) is 61.7 Å². The number of carbonyl (C=O) groups excluding carboxylic acids is 1. The lowest BCUT2D eigenvalue weighted by Crippen LogP contribution is -2.51. The summed E-state index contributed by atoms with van der Waals surface area (Å²) >= 11 is 0. The van der Waals surface area contributed by atoms with Gasteiger partial charge in [0.05, 0.1) is 15.9 Å². The van der Waals surface area contributed by atoms with Gasteiger partial charge in [-0.05, 0) is 37.6 Å². The molecule has 0 bridgehead atoms. The molecular formula is C23H28N4O3S. The minimum absolute atomic E-state index is 0.0126. The number of hydrogen-bond donors (Lipinski definition) is 0. The van der Waals surface area contributed by atoms with E-state index in [0.29, 0.717) is 31.1 Å². The van der Waals surface area contributed by atoms with Gasteiger partial charge in [0.1, 0.15) is 12.4 Å². The molecule has 0 spiro atoms. The average Bonchev–Trinajstić information content (AvgIpc) is 3.11. The lowest BCUT2D eigenvalue weighted by atomic mass is 10.2. The lowest BCUT2D eigenvalue weighted by Gasteiger charge is -2.34. The molecule has 1 aliphatic heterocycles. The van der Waals surface area contributed by atoms with Gasteiger partial charge in [0, 0.05) is 32.6 Å². The smallest absolute Gasteiger partial charge is 0.243 e. The Balaban J connectivity index is 1.46. The Morgan fingerprint density at radius 1 is 1.03 bits per heavy atom. The number of piperazine rings is 1. The van der Waals surface area contributed by atoms with Gasteiger partial charge < -0.3 is 9.47 Å². The first-order valence-corrected chi connectivity index (χ1v) is 12.0. The monoisotopic (exact) mass is 440 g/mol. The van der Waals surface area contributed by atoms with Gasteiger partial charge in [-0.25, -0.2) is 13.4 Å². The molecule has 1 aliphatic rings. The van der Waals surface area contributed by atoms with E-state index < -0.39 is 10.0 Å². The average molecular weight is 441 g/mol. The summed E-state index contributed by atoms with van der Waals surface area (Å²) in [5.41, 5.74) is 3.61. The predicted octanol–water partition coefficient (Wildman–Crippen LogP) is 2.75. The first-order chi connectivity index (χ1) is 14.8. The number of nitrogens with zero attached hydrogens (tertiary/aromatic N) is 4. The Morgan fingerprint density at radius 2 is 1.74 bits per heavy atom. The highest BCUT2D eigenvalue weighted by Gasteiger charge is 2.31. The molecule has 1 fully saturated rings. The number of benzene rings is 2. The van der Waals surface area contributed by atoms with Crippen LogP contribution in [0, 0.1) is 13.8 Å². The standard InChI is InChI=1S/C23H28N4O3S/c1-4-22-24-19-7-5-6-8-20(19)27(22)16-23(28)25-11-13-26(14-12-25)31(29,30)21-10-9-17(2)15-18(21)3/h5-10,15H,4,11-14,16H2,1-3H3. The van der Waals surface area contributed by atoms with Crippen LogP contribution in [0.2, 0.25) is 0 Å². The third kappa shape index (κ3) is 4.09. The van der Waals surface area contributed by atoms with Gasteiger partial charge in [-0.2, -0.15) is 4.31 Å². The third-order valence-electron chi connectivity index (χ3n) is 5.88. The van der Waals surface area contributed by atoms with Crippen LogP contribution < -0.4 is 0 Å². The van der Waals surface area contributed by atoms with E-state index in [2.05, 4.69) is 4.98 Å². The summed E-state index contributed by atoms with van der Waals surface area (Å²) in [6.07, 6.45) is 0.740. The van der Waals surface area contributed by atoms with Crippen molar-refractivity contribution in [2.24, 2.45) is 0 Å². The summed E-state index contributed by atoms with van der Waals surface area (Å²) in [7, 11) is -3.57. The summed E-state index contributed by atoms with van der Waals surface area (Å²) in [5, 5.41) is 0. The minimum atomic E-state index is -3.57. The van der Waals surface area contributed by atoms with E-state index in [4.69, 9.17) is 0 Å². The Hall–Kier alpha value is -2.71. The van der Waals surface area contributed by atoms with Crippen molar-refractivity contribution in [3.05, 3.63) is 59.4 Å². The quantitative estimate of drug-likeness (QED) is 0.611. The van der Waals surface area contributed by atoms with E-state index in [9.17, 15) is 13.2 Å². The molecule has 4 rings (SSSR count). The molecule has 2 heterocycles. The molecule has 1 amide bonds. The van der Waals surface area contributed by atoms with Crippen LogP contribution in [0.25, 0.3) is 11.0 Å². The molecule has 0 N–H and O–H groups in total. The number of sulfonamides is 1. The fraction of sp³-hybridized carbons (Fsp3) is 0.391. The third-order valence-corrected chi connectivity index (χ3v) is 7.94. The highest BCUT2D eigenvalue weighted by atomic mass is 32.2. The van der Waals surface area contributed by atoms with E-state index >= 15 is 0 Å². The van der Waals surface area contributed by atoms with Crippen LogP contribution in [0.15, 0.2) is 47.4 Å². The second kappa shape index (κ2) is 8.43. The molecule has 31 heavy (non-hydrogen) atoms. The second-order valence-electron chi connectivity index (χ2n) is 8.01. The zero-order chi connectivity index (χ0) is 22.2. The molecule has 0 aliphatic carbocycles. The van der Waals surface area contributed by atoms with Gasteiger partial charge in [0.15, 0.2) is 0 Å². The van der Waals surface area contributed by atoms with Crippen LogP contribution in [0.1, 0.15) is 23.9 Å². The van der Waals surface area contributed by atoms with Crippen molar-refractivity contribution in [1.29, 1.82) is 0 Å². The minimum Gasteiger partial charge on any atom is -0.339 e. The number of amides is 1. The van der Waals surface area contributed by atoms with Crippen molar-refractivity contribution < 1.29 is 13.2 Å². The van der Waals surface area contributed by atoms with Crippen LogP contribution >= 0.6 is 0 Å². The van der Waals surface area contributed by atoms with Gasteiger partial charge in [-0.1, -0.05) is 36.8 Å². The van der Waals surface area contributed by atoms with Crippen molar-refractivity contribution >= 4 is 27.0 Å². The SMILES string of the molecule is CCc1nc2ccccc2n1CC(=O)N1CCN(S(=O)(=O)c2ccc(C)cc2C)CC1. The fourth-order valence-electron chi connectivity index (χ4n) is 4.21. The molecule has 164 valence electrons. The number of rotatable bonds is 5. The molecule has 7 nitrogen and oxygen atoms in total. The van der Waals surface area contributed by atoms with E-state index in [-0.39, 0.29) is 12.5 Å². The van der Waals surface area contributed by atoms with E-state index in [1.54, 1.807) is 11.0 Å². The molecule has 0 saturated carbocycles. The van der Waals surface area contributed by atoms with E-state index in [0.717, 1.165) is 34.4 Å². The van der Waals surface area contributed by atoms with Gasteiger partial charge >= 0.3 is 0 Å². The van der Waals surface area contributed by atoms with Gasteiger partial charge in [0.25, 0.3) is 0 Å². The summed E-state index contributed by atoms with van der Waals surface area (Å²) in [4.78, 5) is 19.7. The number of para-hydroxylation sites is 2. The predicted molar refractivity (Wildman–Crippen MR) is 120 cm³/mol. The number of imidazole rings is 1. The molecule has 0 radical (unpaired) electrons. The maximum Gasteiger partial charge on any atom is 0.243 e. The summed E-state index contributed by atoms with van der Waals surface area (Å²) in [6, 6.07) is 13.2. The van der Waals surface area contributed by atoms with Crippen LogP contribution in [-0.4, -0.2) is 59.3 Å².